The molecule has 0 N–H and O–H groups in total. The van der Waals surface area contributed by atoms with Gasteiger partial charge < -0.3 is 9.80 Å². The molecule has 0 atom stereocenters. The van der Waals surface area contributed by atoms with E-state index in [9.17, 15) is 14.0 Å². The molecule has 1 saturated heterocycles. The predicted molar refractivity (Wildman–Crippen MR) is 115 cm³/mol. The number of rotatable bonds is 4. The molecule has 4 rings (SSSR count). The van der Waals surface area contributed by atoms with Gasteiger partial charge in [-0.2, -0.15) is 0 Å². The van der Waals surface area contributed by atoms with E-state index < -0.39 is 0 Å². The molecular formula is C23H22FN3O2S. The van der Waals surface area contributed by atoms with E-state index in [-0.39, 0.29) is 24.1 Å². The van der Waals surface area contributed by atoms with Crippen molar-refractivity contribution in [2.24, 2.45) is 0 Å². The number of carbonyl (C=O) groups excluding carboxylic acids is 2. The minimum atomic E-state index is -0.366. The number of aromatic nitrogens is 1. The normalized spacial score (nSPS) is 14.1. The summed E-state index contributed by atoms with van der Waals surface area (Å²) in [7, 11) is 0. The molecule has 2 aromatic carbocycles. The van der Waals surface area contributed by atoms with Gasteiger partial charge in [-0.3, -0.25) is 9.59 Å². The average Bonchev–Trinajstić information content (AvgIpc) is 3.23. The first-order chi connectivity index (χ1) is 14.5. The fourth-order valence-electron chi connectivity index (χ4n) is 3.42. The Labute approximate surface area is 178 Å². The zero-order valence-electron chi connectivity index (χ0n) is 16.7. The molecule has 1 aliphatic rings. The molecule has 0 aliphatic carbocycles. The number of aryl methyl sites for hydroxylation is 1. The lowest BCUT2D eigenvalue weighted by molar-refractivity contribution is -0.132. The van der Waals surface area contributed by atoms with E-state index in [0.29, 0.717) is 31.7 Å². The molecule has 2 amide bonds. The van der Waals surface area contributed by atoms with Crippen LogP contribution in [-0.4, -0.2) is 52.8 Å². The van der Waals surface area contributed by atoms with Crippen molar-refractivity contribution in [3.05, 3.63) is 76.5 Å². The summed E-state index contributed by atoms with van der Waals surface area (Å²) in [5, 5.41) is 2.84. The second-order valence-corrected chi connectivity index (χ2v) is 8.22. The van der Waals surface area contributed by atoms with Crippen LogP contribution in [0.15, 0.2) is 53.9 Å². The first kappa shape index (κ1) is 20.2. The lowest BCUT2D eigenvalue weighted by Gasteiger charge is -2.34. The van der Waals surface area contributed by atoms with Crippen LogP contribution in [0.5, 0.6) is 0 Å². The molecule has 154 valence electrons. The van der Waals surface area contributed by atoms with Crippen LogP contribution in [-0.2, 0) is 11.2 Å². The van der Waals surface area contributed by atoms with Gasteiger partial charge in [0, 0.05) is 42.7 Å². The molecule has 0 radical (unpaired) electrons. The third-order valence-corrected chi connectivity index (χ3v) is 6.13. The third-order valence-electron chi connectivity index (χ3n) is 5.19. The lowest BCUT2D eigenvalue weighted by atomic mass is 10.1. The Hall–Kier alpha value is -3.06. The summed E-state index contributed by atoms with van der Waals surface area (Å²) in [5.74, 6) is -0.483. The van der Waals surface area contributed by atoms with Crippen molar-refractivity contribution in [2.45, 2.75) is 13.3 Å². The monoisotopic (exact) mass is 423 g/mol. The highest BCUT2D eigenvalue weighted by atomic mass is 32.1. The van der Waals surface area contributed by atoms with Gasteiger partial charge in [0.2, 0.25) is 5.91 Å². The summed E-state index contributed by atoms with van der Waals surface area (Å²) in [6.45, 7) is 3.95. The number of hydrogen-bond donors (Lipinski definition) is 0. The third kappa shape index (κ3) is 4.57. The summed E-state index contributed by atoms with van der Waals surface area (Å²) >= 11 is 1.54. The van der Waals surface area contributed by atoms with Crippen LogP contribution in [0, 0.1) is 12.7 Å². The summed E-state index contributed by atoms with van der Waals surface area (Å²) in [6, 6.07) is 13.7. The van der Waals surface area contributed by atoms with Crippen molar-refractivity contribution in [3.63, 3.8) is 0 Å². The molecule has 1 fully saturated rings. The maximum Gasteiger partial charge on any atom is 0.253 e. The summed E-state index contributed by atoms with van der Waals surface area (Å²) in [6.07, 6.45) is 0.258. The van der Waals surface area contributed by atoms with Crippen LogP contribution in [0.25, 0.3) is 10.6 Å². The first-order valence-corrected chi connectivity index (χ1v) is 10.7. The summed E-state index contributed by atoms with van der Waals surface area (Å²) in [5.41, 5.74) is 3.48. The molecule has 0 spiro atoms. The van der Waals surface area contributed by atoms with Crippen LogP contribution in [0.1, 0.15) is 21.6 Å². The Morgan fingerprint density at radius 1 is 0.967 bits per heavy atom. The average molecular weight is 424 g/mol. The van der Waals surface area contributed by atoms with Crippen LogP contribution in [0.3, 0.4) is 0 Å². The van der Waals surface area contributed by atoms with Crippen LogP contribution in [0.4, 0.5) is 4.39 Å². The fourth-order valence-corrected chi connectivity index (χ4v) is 4.24. The quantitative estimate of drug-likeness (QED) is 0.642. The number of benzene rings is 2. The molecule has 0 unspecified atom stereocenters. The molecule has 2 heterocycles. The molecule has 0 bridgehead atoms. The van der Waals surface area contributed by atoms with Gasteiger partial charge in [0.05, 0.1) is 12.1 Å². The smallest absolute Gasteiger partial charge is 0.253 e. The van der Waals surface area contributed by atoms with Gasteiger partial charge in [0.25, 0.3) is 5.91 Å². The van der Waals surface area contributed by atoms with E-state index >= 15 is 0 Å². The van der Waals surface area contributed by atoms with Gasteiger partial charge in [-0.15, -0.1) is 11.3 Å². The van der Waals surface area contributed by atoms with Crippen LogP contribution in [0.2, 0.25) is 0 Å². The van der Waals surface area contributed by atoms with Crippen LogP contribution >= 0.6 is 11.3 Å². The Kier molecular flexibility index (Phi) is 5.90. The van der Waals surface area contributed by atoms with Crippen molar-refractivity contribution in [3.8, 4) is 10.6 Å². The molecule has 1 aliphatic heterocycles. The number of hydrogen-bond acceptors (Lipinski definition) is 4. The van der Waals surface area contributed by atoms with Gasteiger partial charge in [-0.25, -0.2) is 9.37 Å². The zero-order valence-corrected chi connectivity index (χ0v) is 17.5. The Balaban J connectivity index is 1.32. The van der Waals surface area contributed by atoms with Crippen molar-refractivity contribution in [1.29, 1.82) is 0 Å². The Bertz CT molecular complexity index is 1040. The van der Waals surface area contributed by atoms with E-state index in [0.717, 1.165) is 16.3 Å². The molecule has 1 aromatic heterocycles. The van der Waals surface area contributed by atoms with E-state index in [4.69, 9.17) is 0 Å². The lowest BCUT2D eigenvalue weighted by Crippen LogP contribution is -2.51. The van der Waals surface area contributed by atoms with E-state index in [2.05, 4.69) is 4.98 Å². The molecule has 3 aromatic rings. The first-order valence-electron chi connectivity index (χ1n) is 9.83. The number of carbonyl (C=O) groups is 2. The highest BCUT2D eigenvalue weighted by molar-refractivity contribution is 7.13. The standard InChI is InChI=1S/C23H22FN3O2S/c1-16-2-4-17(5-3-16)22-25-20(15-30-22)14-21(28)26-10-12-27(13-11-26)23(29)18-6-8-19(24)9-7-18/h2-9,15H,10-14H2,1H3. The molecular weight excluding hydrogens is 401 g/mol. The zero-order chi connectivity index (χ0) is 21.1. The van der Waals surface area contributed by atoms with Crippen molar-refractivity contribution >= 4 is 23.2 Å². The second kappa shape index (κ2) is 8.75. The minimum Gasteiger partial charge on any atom is -0.339 e. The number of amides is 2. The predicted octanol–water partition coefficient (Wildman–Crippen LogP) is 3.78. The summed E-state index contributed by atoms with van der Waals surface area (Å²) in [4.78, 5) is 33.3. The highest BCUT2D eigenvalue weighted by Gasteiger charge is 2.25. The number of piperazine rings is 1. The topological polar surface area (TPSA) is 53.5 Å². The SMILES string of the molecule is Cc1ccc(-c2nc(CC(=O)N3CCN(C(=O)c4ccc(F)cc4)CC3)cs2)cc1. The maximum atomic E-state index is 13.1. The number of nitrogens with zero attached hydrogens (tertiary/aromatic N) is 3. The largest absolute Gasteiger partial charge is 0.339 e. The highest BCUT2D eigenvalue weighted by Crippen LogP contribution is 2.24. The Morgan fingerprint density at radius 2 is 1.60 bits per heavy atom. The molecule has 5 nitrogen and oxygen atoms in total. The molecule has 7 heteroatoms. The molecule has 0 saturated carbocycles. The van der Waals surface area contributed by atoms with Gasteiger partial charge in [0.1, 0.15) is 10.8 Å². The van der Waals surface area contributed by atoms with E-state index in [1.165, 1.54) is 41.2 Å². The number of halogens is 1. The van der Waals surface area contributed by atoms with Crippen molar-refractivity contribution < 1.29 is 14.0 Å². The Morgan fingerprint density at radius 3 is 2.27 bits per heavy atom. The van der Waals surface area contributed by atoms with E-state index in [1.54, 1.807) is 9.80 Å². The van der Waals surface area contributed by atoms with Gasteiger partial charge >= 0.3 is 0 Å². The second-order valence-electron chi connectivity index (χ2n) is 7.37. The number of thiazole rings is 1. The molecule has 30 heavy (non-hydrogen) atoms. The van der Waals surface area contributed by atoms with Crippen LogP contribution < -0.4 is 0 Å². The van der Waals surface area contributed by atoms with Gasteiger partial charge in [0.15, 0.2) is 0 Å². The van der Waals surface area contributed by atoms with E-state index in [1.807, 2.05) is 36.6 Å². The summed E-state index contributed by atoms with van der Waals surface area (Å²) < 4.78 is 13.1. The minimum absolute atomic E-state index is 0.0182. The van der Waals surface area contributed by atoms with Gasteiger partial charge in [-0.1, -0.05) is 29.8 Å². The fraction of sp³-hybridized carbons (Fsp3) is 0.261. The van der Waals surface area contributed by atoms with Gasteiger partial charge in [-0.05, 0) is 31.2 Å². The van der Waals surface area contributed by atoms with Crippen molar-refractivity contribution in [1.82, 2.24) is 14.8 Å². The van der Waals surface area contributed by atoms with Crippen molar-refractivity contribution in [2.75, 3.05) is 26.2 Å². The maximum absolute atomic E-state index is 13.1.